The maximum atomic E-state index is 13.1. The molecule has 1 heterocycles. The molecule has 0 spiro atoms. The van der Waals surface area contributed by atoms with Gasteiger partial charge in [-0.15, -0.1) is 0 Å². The van der Waals surface area contributed by atoms with Crippen LogP contribution in [0.5, 0.6) is 0 Å². The van der Waals surface area contributed by atoms with Crippen LogP contribution in [0, 0.1) is 0 Å². The summed E-state index contributed by atoms with van der Waals surface area (Å²) < 4.78 is 4.88. The van der Waals surface area contributed by atoms with E-state index in [9.17, 15) is 9.59 Å². The lowest BCUT2D eigenvalue weighted by atomic mass is 9.98. The molecular weight excluding hydrogens is 392 g/mol. The van der Waals surface area contributed by atoms with Gasteiger partial charge >= 0.3 is 6.09 Å². The van der Waals surface area contributed by atoms with Crippen molar-refractivity contribution in [2.45, 2.75) is 19.5 Å². The van der Waals surface area contributed by atoms with E-state index in [1.54, 1.807) is 4.90 Å². The summed E-state index contributed by atoms with van der Waals surface area (Å²) >= 11 is 0. The van der Waals surface area contributed by atoms with Gasteiger partial charge in [-0.25, -0.2) is 4.79 Å². The molecule has 0 bridgehead atoms. The van der Waals surface area contributed by atoms with Gasteiger partial charge in [0.1, 0.15) is 0 Å². The molecule has 7 heteroatoms. The van der Waals surface area contributed by atoms with Gasteiger partial charge in [-0.3, -0.25) is 4.79 Å². The minimum atomic E-state index is -0.325. The summed E-state index contributed by atoms with van der Waals surface area (Å²) in [5.41, 5.74) is 4.26. The van der Waals surface area contributed by atoms with Crippen LogP contribution in [-0.4, -0.2) is 74.1 Å². The number of carbonyl (C=O) groups excluding carboxylic acids is 2. The van der Waals surface area contributed by atoms with Crippen molar-refractivity contribution in [1.82, 2.24) is 14.7 Å². The molecule has 3 rings (SSSR count). The topological polar surface area (TPSA) is 65.1 Å². The Labute approximate surface area is 184 Å². The first kappa shape index (κ1) is 22.6. The van der Waals surface area contributed by atoms with Crippen molar-refractivity contribution in [2.75, 3.05) is 52.7 Å². The standard InChI is InChI=1S/C24H32N4O3/c1-26(2)14-15-27(17-19-8-5-4-6-9-19)23(29)16-25-22-11-7-10-20-12-13-28(18-21(20)22)24(30)31-3/h4-11,25H,12-18H2,1-3H3. The zero-order valence-corrected chi connectivity index (χ0v) is 18.6. The van der Waals surface area contributed by atoms with E-state index < -0.39 is 0 Å². The van der Waals surface area contributed by atoms with Crippen LogP contribution in [0.15, 0.2) is 48.5 Å². The number of amides is 2. The van der Waals surface area contributed by atoms with Gasteiger partial charge in [-0.05, 0) is 43.3 Å². The van der Waals surface area contributed by atoms with Crippen LogP contribution >= 0.6 is 0 Å². The van der Waals surface area contributed by atoms with Crippen LogP contribution in [0.1, 0.15) is 16.7 Å². The number of fused-ring (bicyclic) bond motifs is 1. The molecule has 0 saturated heterocycles. The SMILES string of the molecule is COC(=O)N1CCc2cccc(NCC(=O)N(CCN(C)C)Cc3ccccc3)c2C1. The molecule has 166 valence electrons. The van der Waals surface area contributed by atoms with Gasteiger partial charge < -0.3 is 24.8 Å². The molecule has 1 N–H and O–H groups in total. The van der Waals surface area contributed by atoms with E-state index in [1.807, 2.05) is 61.5 Å². The summed E-state index contributed by atoms with van der Waals surface area (Å²) in [5.74, 6) is 0.0453. The van der Waals surface area contributed by atoms with Crippen LogP contribution in [0.2, 0.25) is 0 Å². The van der Waals surface area contributed by atoms with Crippen molar-refractivity contribution in [3.8, 4) is 0 Å². The molecule has 0 radical (unpaired) electrons. The molecule has 0 aromatic heterocycles. The highest BCUT2D eigenvalue weighted by atomic mass is 16.5. The molecule has 0 unspecified atom stereocenters. The molecule has 2 aromatic rings. The fourth-order valence-corrected chi connectivity index (χ4v) is 3.73. The summed E-state index contributed by atoms with van der Waals surface area (Å²) in [6.45, 7) is 3.36. The predicted octanol–water partition coefficient (Wildman–Crippen LogP) is 2.81. The molecule has 0 aliphatic carbocycles. The zero-order valence-electron chi connectivity index (χ0n) is 18.6. The summed E-state index contributed by atoms with van der Waals surface area (Å²) in [6, 6.07) is 16.1. The second-order valence-corrected chi connectivity index (χ2v) is 8.04. The number of hydrogen-bond acceptors (Lipinski definition) is 5. The Hall–Kier alpha value is -3.06. The Balaban J connectivity index is 1.68. The van der Waals surface area contributed by atoms with E-state index in [4.69, 9.17) is 4.74 Å². The first-order valence-electron chi connectivity index (χ1n) is 10.6. The monoisotopic (exact) mass is 424 g/mol. The Bertz CT molecular complexity index is 886. The average Bonchev–Trinajstić information content (AvgIpc) is 2.79. The minimum absolute atomic E-state index is 0.0453. The van der Waals surface area contributed by atoms with Gasteiger partial charge in [0, 0.05) is 31.9 Å². The maximum absolute atomic E-state index is 13.1. The molecule has 2 aromatic carbocycles. The number of likely N-dealkylation sites (N-methyl/N-ethyl adjacent to an activating group) is 1. The van der Waals surface area contributed by atoms with Crippen molar-refractivity contribution >= 4 is 17.7 Å². The van der Waals surface area contributed by atoms with E-state index in [0.717, 1.165) is 29.8 Å². The summed E-state index contributed by atoms with van der Waals surface area (Å²) in [6.07, 6.45) is 0.450. The number of hydrogen-bond donors (Lipinski definition) is 1. The normalized spacial score (nSPS) is 13.0. The number of anilines is 1. The second-order valence-electron chi connectivity index (χ2n) is 8.04. The molecule has 0 atom stereocenters. The number of nitrogens with one attached hydrogen (secondary N) is 1. The van der Waals surface area contributed by atoms with Crippen LogP contribution in [0.4, 0.5) is 10.5 Å². The Kier molecular flexibility index (Phi) is 7.89. The fraction of sp³-hybridized carbons (Fsp3) is 0.417. The smallest absolute Gasteiger partial charge is 0.409 e. The molecule has 31 heavy (non-hydrogen) atoms. The quantitative estimate of drug-likeness (QED) is 0.706. The Morgan fingerprint density at radius 2 is 1.84 bits per heavy atom. The molecule has 7 nitrogen and oxygen atoms in total. The van der Waals surface area contributed by atoms with Gasteiger partial charge in [-0.2, -0.15) is 0 Å². The highest BCUT2D eigenvalue weighted by molar-refractivity contribution is 5.81. The Morgan fingerprint density at radius 1 is 1.06 bits per heavy atom. The molecule has 0 fully saturated rings. The summed E-state index contributed by atoms with van der Waals surface area (Å²) in [7, 11) is 5.41. The van der Waals surface area contributed by atoms with Crippen LogP contribution in [0.3, 0.4) is 0 Å². The maximum Gasteiger partial charge on any atom is 0.409 e. The third-order valence-electron chi connectivity index (χ3n) is 5.52. The van der Waals surface area contributed by atoms with Crippen molar-refractivity contribution in [3.05, 3.63) is 65.2 Å². The van der Waals surface area contributed by atoms with Crippen LogP contribution < -0.4 is 5.32 Å². The molecular formula is C24H32N4O3. The van der Waals surface area contributed by atoms with Crippen molar-refractivity contribution in [3.63, 3.8) is 0 Å². The zero-order chi connectivity index (χ0) is 22.2. The second kappa shape index (κ2) is 10.8. The Morgan fingerprint density at radius 3 is 2.55 bits per heavy atom. The first-order chi connectivity index (χ1) is 15.0. The van der Waals surface area contributed by atoms with Crippen molar-refractivity contribution in [2.24, 2.45) is 0 Å². The van der Waals surface area contributed by atoms with Gasteiger partial charge in [0.25, 0.3) is 0 Å². The highest BCUT2D eigenvalue weighted by Gasteiger charge is 2.23. The van der Waals surface area contributed by atoms with Gasteiger partial charge in [0.15, 0.2) is 0 Å². The van der Waals surface area contributed by atoms with E-state index in [0.29, 0.717) is 26.2 Å². The fourth-order valence-electron chi connectivity index (χ4n) is 3.73. The van der Waals surface area contributed by atoms with Crippen LogP contribution in [0.25, 0.3) is 0 Å². The van der Waals surface area contributed by atoms with Gasteiger partial charge in [-0.1, -0.05) is 42.5 Å². The molecule has 0 saturated carbocycles. The van der Waals surface area contributed by atoms with Crippen LogP contribution in [-0.2, 0) is 29.0 Å². The average molecular weight is 425 g/mol. The third kappa shape index (κ3) is 6.21. The largest absolute Gasteiger partial charge is 0.453 e. The van der Waals surface area contributed by atoms with E-state index in [1.165, 1.54) is 12.7 Å². The van der Waals surface area contributed by atoms with E-state index >= 15 is 0 Å². The number of carbonyl (C=O) groups is 2. The number of ether oxygens (including phenoxy) is 1. The highest BCUT2D eigenvalue weighted by Crippen LogP contribution is 2.26. The van der Waals surface area contributed by atoms with E-state index in [-0.39, 0.29) is 18.5 Å². The van der Waals surface area contributed by atoms with E-state index in [2.05, 4.69) is 16.3 Å². The predicted molar refractivity (Wildman–Crippen MR) is 122 cm³/mol. The number of benzene rings is 2. The third-order valence-corrected chi connectivity index (χ3v) is 5.52. The number of methoxy groups -OCH3 is 1. The van der Waals surface area contributed by atoms with Gasteiger partial charge in [0.2, 0.25) is 5.91 Å². The molecule has 1 aliphatic heterocycles. The minimum Gasteiger partial charge on any atom is -0.453 e. The summed E-state index contributed by atoms with van der Waals surface area (Å²) in [4.78, 5) is 30.7. The summed E-state index contributed by atoms with van der Waals surface area (Å²) in [5, 5.41) is 3.32. The first-order valence-corrected chi connectivity index (χ1v) is 10.6. The number of nitrogens with zero attached hydrogens (tertiary/aromatic N) is 3. The lowest BCUT2D eigenvalue weighted by Gasteiger charge is -2.30. The lowest BCUT2D eigenvalue weighted by molar-refractivity contribution is -0.130. The molecule has 2 amide bonds. The lowest BCUT2D eigenvalue weighted by Crippen LogP contribution is -2.40. The van der Waals surface area contributed by atoms with Gasteiger partial charge in [0.05, 0.1) is 20.2 Å². The molecule has 1 aliphatic rings. The number of rotatable bonds is 8. The van der Waals surface area contributed by atoms with Crippen molar-refractivity contribution in [1.29, 1.82) is 0 Å². The van der Waals surface area contributed by atoms with Crippen molar-refractivity contribution < 1.29 is 14.3 Å².